The molecule has 2 atom stereocenters. The van der Waals surface area contributed by atoms with Gasteiger partial charge in [0.1, 0.15) is 5.75 Å². The van der Waals surface area contributed by atoms with Gasteiger partial charge in [-0.3, -0.25) is 4.79 Å². The van der Waals surface area contributed by atoms with E-state index in [1.165, 1.54) is 11.1 Å². The van der Waals surface area contributed by atoms with Gasteiger partial charge < -0.3 is 19.7 Å². The third-order valence-electron chi connectivity index (χ3n) is 6.92. The monoisotopic (exact) mass is 464 g/mol. The molecule has 3 heterocycles. The van der Waals surface area contributed by atoms with Crippen LogP contribution in [0.1, 0.15) is 49.8 Å². The van der Waals surface area contributed by atoms with Crippen LogP contribution in [0.3, 0.4) is 0 Å². The fourth-order valence-corrected chi connectivity index (χ4v) is 5.14. The van der Waals surface area contributed by atoms with Gasteiger partial charge in [0.05, 0.1) is 42.9 Å². The first-order valence-electron chi connectivity index (χ1n) is 12.1. The summed E-state index contributed by atoms with van der Waals surface area (Å²) in [6, 6.07) is 4.36. The van der Waals surface area contributed by atoms with E-state index in [0.29, 0.717) is 19.0 Å². The number of hydrogen-bond donors (Lipinski definition) is 1. The number of esters is 1. The molecule has 0 saturated heterocycles. The second kappa shape index (κ2) is 9.58. The zero-order chi connectivity index (χ0) is 23.7. The van der Waals surface area contributed by atoms with Crippen molar-refractivity contribution >= 4 is 28.6 Å². The van der Waals surface area contributed by atoms with Crippen LogP contribution in [0.2, 0.25) is 0 Å². The number of methoxy groups -OCH3 is 1. The first-order chi connectivity index (χ1) is 16.6. The molecule has 0 amide bonds. The number of nitrogens with zero attached hydrogens (tertiary/aromatic N) is 5. The van der Waals surface area contributed by atoms with Gasteiger partial charge in [0.2, 0.25) is 5.95 Å². The molecular formula is C25H32N6O3. The SMILES string of the molecule is CCOC(=O)C1CCCC(n2ncc3cnc(Nc4cc5c(cc4OC)CCN(C)C5)nc32)C1. The second-order valence-corrected chi connectivity index (χ2v) is 9.27. The largest absolute Gasteiger partial charge is 0.495 e. The molecule has 2 unspecified atom stereocenters. The molecule has 1 aliphatic carbocycles. The lowest BCUT2D eigenvalue weighted by atomic mass is 9.86. The summed E-state index contributed by atoms with van der Waals surface area (Å²) in [4.78, 5) is 24.0. The fourth-order valence-electron chi connectivity index (χ4n) is 5.14. The number of carbonyl (C=O) groups excluding carboxylic acids is 1. The van der Waals surface area contributed by atoms with E-state index in [2.05, 4.69) is 39.5 Å². The van der Waals surface area contributed by atoms with Crippen molar-refractivity contribution in [3.8, 4) is 5.75 Å². The smallest absolute Gasteiger partial charge is 0.308 e. The Morgan fingerprint density at radius 3 is 2.94 bits per heavy atom. The minimum atomic E-state index is -0.106. The van der Waals surface area contributed by atoms with Crippen LogP contribution in [0.25, 0.3) is 11.0 Å². The van der Waals surface area contributed by atoms with E-state index in [1.807, 2.05) is 11.6 Å². The van der Waals surface area contributed by atoms with Gasteiger partial charge in [-0.1, -0.05) is 6.42 Å². The van der Waals surface area contributed by atoms with E-state index in [4.69, 9.17) is 14.5 Å². The summed E-state index contributed by atoms with van der Waals surface area (Å²) in [7, 11) is 3.82. The number of likely N-dealkylation sites (N-methyl/N-ethyl adjacent to an activating group) is 1. The number of nitrogens with one attached hydrogen (secondary N) is 1. The van der Waals surface area contributed by atoms with Crippen molar-refractivity contribution in [2.24, 2.45) is 5.92 Å². The van der Waals surface area contributed by atoms with Crippen molar-refractivity contribution in [2.75, 3.05) is 32.6 Å². The molecule has 2 aliphatic rings. The van der Waals surface area contributed by atoms with Crippen LogP contribution >= 0.6 is 0 Å². The lowest BCUT2D eigenvalue weighted by Crippen LogP contribution is -2.27. The van der Waals surface area contributed by atoms with Gasteiger partial charge >= 0.3 is 5.97 Å². The van der Waals surface area contributed by atoms with E-state index in [1.54, 1.807) is 19.5 Å². The summed E-state index contributed by atoms with van der Waals surface area (Å²) < 4.78 is 12.9. The lowest BCUT2D eigenvalue weighted by Gasteiger charge is -2.28. The van der Waals surface area contributed by atoms with Gasteiger partial charge in [0.25, 0.3) is 0 Å². The Morgan fingerprint density at radius 1 is 1.24 bits per heavy atom. The molecule has 1 fully saturated rings. The summed E-state index contributed by atoms with van der Waals surface area (Å²) >= 11 is 0. The summed E-state index contributed by atoms with van der Waals surface area (Å²) in [5.41, 5.74) is 4.23. The molecule has 1 aliphatic heterocycles. The van der Waals surface area contributed by atoms with Crippen LogP contribution < -0.4 is 10.1 Å². The van der Waals surface area contributed by atoms with Gasteiger partial charge in [-0.2, -0.15) is 10.1 Å². The quantitative estimate of drug-likeness (QED) is 0.550. The average Bonchev–Trinajstić information content (AvgIpc) is 3.27. The molecule has 0 radical (unpaired) electrons. The van der Waals surface area contributed by atoms with Crippen LogP contribution in [-0.2, 0) is 22.5 Å². The van der Waals surface area contributed by atoms with E-state index in [0.717, 1.165) is 61.2 Å². The molecule has 34 heavy (non-hydrogen) atoms. The second-order valence-electron chi connectivity index (χ2n) is 9.27. The number of benzene rings is 1. The van der Waals surface area contributed by atoms with Gasteiger partial charge in [0, 0.05) is 19.3 Å². The van der Waals surface area contributed by atoms with Crippen molar-refractivity contribution in [3.63, 3.8) is 0 Å². The fraction of sp³-hybridized carbons (Fsp3) is 0.520. The topological polar surface area (TPSA) is 94.4 Å². The molecule has 3 aromatic rings. The highest BCUT2D eigenvalue weighted by atomic mass is 16.5. The molecule has 1 N–H and O–H groups in total. The first-order valence-corrected chi connectivity index (χ1v) is 12.1. The average molecular weight is 465 g/mol. The molecule has 1 saturated carbocycles. The molecule has 0 bridgehead atoms. The molecule has 180 valence electrons. The molecule has 5 rings (SSSR count). The third-order valence-corrected chi connectivity index (χ3v) is 6.92. The minimum Gasteiger partial charge on any atom is -0.495 e. The number of fused-ring (bicyclic) bond motifs is 2. The molecule has 1 aromatic carbocycles. The Morgan fingerprint density at radius 2 is 2.12 bits per heavy atom. The number of anilines is 2. The summed E-state index contributed by atoms with van der Waals surface area (Å²) in [6.45, 7) is 4.21. The minimum absolute atomic E-state index is 0.0877. The zero-order valence-electron chi connectivity index (χ0n) is 20.1. The Balaban J connectivity index is 1.42. The Labute approximate surface area is 199 Å². The van der Waals surface area contributed by atoms with Gasteiger partial charge in [-0.15, -0.1) is 0 Å². The number of rotatable bonds is 6. The Bertz CT molecular complexity index is 1190. The van der Waals surface area contributed by atoms with Gasteiger partial charge in [0.15, 0.2) is 5.65 Å². The highest BCUT2D eigenvalue weighted by Crippen LogP contribution is 2.36. The van der Waals surface area contributed by atoms with Crippen molar-refractivity contribution < 1.29 is 14.3 Å². The zero-order valence-corrected chi connectivity index (χ0v) is 20.1. The van der Waals surface area contributed by atoms with Crippen LogP contribution in [0.5, 0.6) is 5.75 Å². The Kier molecular flexibility index (Phi) is 6.36. The number of carbonyl (C=O) groups is 1. The lowest BCUT2D eigenvalue weighted by molar-refractivity contribution is -0.149. The van der Waals surface area contributed by atoms with E-state index >= 15 is 0 Å². The summed E-state index contributed by atoms with van der Waals surface area (Å²) in [6.07, 6.45) is 8.11. The predicted octanol–water partition coefficient (Wildman–Crippen LogP) is 3.86. The molecule has 2 aromatic heterocycles. The van der Waals surface area contributed by atoms with Crippen molar-refractivity contribution in [1.29, 1.82) is 0 Å². The number of hydrogen-bond acceptors (Lipinski definition) is 8. The maximum absolute atomic E-state index is 12.3. The predicted molar refractivity (Wildman–Crippen MR) is 129 cm³/mol. The standard InChI is InChI=1S/C25H32N6O3/c1-4-34-24(32)17-6-5-7-20(10-17)31-23-19(14-27-31)13-26-25(29-23)28-21-11-18-15-30(2)9-8-16(18)12-22(21)33-3/h11-14,17,20H,4-10,15H2,1-3H3,(H,26,28,29). The maximum Gasteiger partial charge on any atom is 0.308 e. The molecule has 0 spiro atoms. The van der Waals surface area contributed by atoms with Crippen LogP contribution in [0, 0.1) is 5.92 Å². The van der Waals surface area contributed by atoms with Crippen molar-refractivity contribution in [1.82, 2.24) is 24.6 Å². The molecule has 9 nitrogen and oxygen atoms in total. The Hall–Kier alpha value is -3.20. The van der Waals surface area contributed by atoms with Crippen molar-refractivity contribution in [3.05, 3.63) is 35.7 Å². The number of aromatic nitrogens is 4. The number of ether oxygens (including phenoxy) is 2. The normalized spacial score (nSPS) is 20.7. The summed E-state index contributed by atoms with van der Waals surface area (Å²) in [5.74, 6) is 1.08. The van der Waals surface area contributed by atoms with Gasteiger partial charge in [-0.05, 0) is 62.9 Å². The third kappa shape index (κ3) is 4.44. The van der Waals surface area contributed by atoms with Crippen LogP contribution in [0.15, 0.2) is 24.5 Å². The van der Waals surface area contributed by atoms with E-state index in [-0.39, 0.29) is 17.9 Å². The van der Waals surface area contributed by atoms with Crippen LogP contribution in [0.4, 0.5) is 11.6 Å². The van der Waals surface area contributed by atoms with E-state index in [9.17, 15) is 4.79 Å². The molecular weight excluding hydrogens is 432 g/mol. The van der Waals surface area contributed by atoms with Crippen LogP contribution in [-0.4, -0.2) is 57.9 Å². The van der Waals surface area contributed by atoms with Gasteiger partial charge in [-0.25, -0.2) is 9.67 Å². The first kappa shape index (κ1) is 22.6. The molecule has 9 heteroatoms. The highest BCUT2D eigenvalue weighted by Gasteiger charge is 2.30. The maximum atomic E-state index is 12.3. The van der Waals surface area contributed by atoms with Crippen molar-refractivity contribution in [2.45, 2.75) is 51.6 Å². The highest BCUT2D eigenvalue weighted by molar-refractivity contribution is 5.76. The summed E-state index contributed by atoms with van der Waals surface area (Å²) in [5, 5.41) is 8.85. The van der Waals surface area contributed by atoms with E-state index < -0.39 is 0 Å².